The van der Waals surface area contributed by atoms with Crippen molar-refractivity contribution in [3.05, 3.63) is 78.0 Å². The minimum Gasteiger partial charge on any atom is -0.466 e. The summed E-state index contributed by atoms with van der Waals surface area (Å²) in [5.74, 6) is -1.45. The number of carbonyl (C=O) groups excluding carboxylic acids is 2. The first-order chi connectivity index (χ1) is 14.5. The first kappa shape index (κ1) is 20.5. The molecule has 0 aliphatic heterocycles. The number of nitrogens with zero attached hydrogens (tertiary/aromatic N) is 3. The smallest absolute Gasteiger partial charge is 0.340 e. The molecule has 0 saturated carbocycles. The highest BCUT2D eigenvalue weighted by atomic mass is 16.5. The van der Waals surface area contributed by atoms with Crippen LogP contribution in [0.25, 0.3) is 16.8 Å². The van der Waals surface area contributed by atoms with Gasteiger partial charge in [0.2, 0.25) is 5.95 Å². The second kappa shape index (κ2) is 9.33. The molecule has 2 aromatic carbocycles. The number of esters is 2. The summed E-state index contributed by atoms with van der Waals surface area (Å²) in [6, 6.07) is 18.5. The van der Waals surface area contributed by atoms with Crippen LogP contribution in [0.1, 0.15) is 11.3 Å². The van der Waals surface area contributed by atoms with Crippen LogP contribution in [0.3, 0.4) is 0 Å². The van der Waals surface area contributed by atoms with Crippen LogP contribution in [-0.4, -0.2) is 42.0 Å². The van der Waals surface area contributed by atoms with E-state index in [1.807, 2.05) is 60.7 Å². The quantitative estimate of drug-likeness (QED) is 0.384. The number of aromatic nitrogens is 2. The Kier molecular flexibility index (Phi) is 6.39. The number of imidazole rings is 1. The molecule has 0 spiro atoms. The summed E-state index contributed by atoms with van der Waals surface area (Å²) in [7, 11) is 2.43. The number of carbonyl (C=O) groups is 2. The van der Waals surface area contributed by atoms with Gasteiger partial charge in [0.15, 0.2) is 0 Å². The number of rotatable bonds is 6. The van der Waals surface area contributed by atoms with Crippen molar-refractivity contribution in [2.45, 2.75) is 0 Å². The fourth-order valence-electron chi connectivity index (χ4n) is 2.76. The maximum absolute atomic E-state index is 12.6. The highest BCUT2D eigenvalue weighted by molar-refractivity contribution is 6.21. The van der Waals surface area contributed by atoms with Crippen LogP contribution in [0, 0.1) is 0 Å². The summed E-state index contributed by atoms with van der Waals surface area (Å²) in [4.78, 5) is 28.9. The van der Waals surface area contributed by atoms with Crippen molar-refractivity contribution in [1.82, 2.24) is 9.66 Å². The van der Waals surface area contributed by atoms with Gasteiger partial charge in [-0.05, 0) is 5.56 Å². The van der Waals surface area contributed by atoms with Gasteiger partial charge in [0.25, 0.3) is 0 Å². The van der Waals surface area contributed by atoms with Crippen LogP contribution in [0.15, 0.2) is 71.8 Å². The highest BCUT2D eigenvalue weighted by Crippen LogP contribution is 2.31. The SMILES string of the molecule is COC(=O)/C=C(\C(=O)OC)c1c(-c2ccccc2)nc(N)n1/N=C/c1ccccc1. The minimum absolute atomic E-state index is 0.0377. The Morgan fingerprint density at radius 2 is 1.63 bits per heavy atom. The lowest BCUT2D eigenvalue weighted by Crippen LogP contribution is -2.12. The Morgan fingerprint density at radius 1 is 1.00 bits per heavy atom. The van der Waals surface area contributed by atoms with Crippen molar-refractivity contribution in [3.63, 3.8) is 0 Å². The molecule has 0 aliphatic carbocycles. The zero-order valence-corrected chi connectivity index (χ0v) is 16.5. The molecular formula is C22H20N4O4. The zero-order valence-electron chi connectivity index (χ0n) is 16.5. The predicted molar refractivity (Wildman–Crippen MR) is 114 cm³/mol. The molecular weight excluding hydrogens is 384 g/mol. The molecule has 0 unspecified atom stereocenters. The molecule has 1 aromatic heterocycles. The molecule has 8 nitrogen and oxygen atoms in total. The van der Waals surface area contributed by atoms with Gasteiger partial charge in [-0.25, -0.2) is 14.6 Å². The normalized spacial score (nSPS) is 11.5. The summed E-state index contributed by atoms with van der Waals surface area (Å²) < 4.78 is 10.9. The van der Waals surface area contributed by atoms with Gasteiger partial charge in [-0.15, -0.1) is 0 Å². The molecule has 2 N–H and O–H groups in total. The Morgan fingerprint density at radius 3 is 2.23 bits per heavy atom. The highest BCUT2D eigenvalue weighted by Gasteiger charge is 2.26. The van der Waals surface area contributed by atoms with E-state index in [2.05, 4.69) is 10.1 Å². The number of methoxy groups -OCH3 is 2. The standard InChI is InChI=1S/C22H20N4O4/c1-29-18(27)13-17(21(28)30-2)20-19(16-11-7-4-8-12-16)25-22(23)26(20)24-14-15-9-5-3-6-10-15/h3-14H,1-2H3,(H2,23,25)/b17-13-,24-14+. The van der Waals surface area contributed by atoms with Gasteiger partial charge < -0.3 is 15.2 Å². The van der Waals surface area contributed by atoms with Gasteiger partial charge in [0.05, 0.1) is 26.0 Å². The van der Waals surface area contributed by atoms with Crippen molar-refractivity contribution in [3.8, 4) is 11.3 Å². The Bertz CT molecular complexity index is 1100. The summed E-state index contributed by atoms with van der Waals surface area (Å²) in [5.41, 5.74) is 8.13. The van der Waals surface area contributed by atoms with Crippen molar-refractivity contribution in [1.29, 1.82) is 0 Å². The average molecular weight is 404 g/mol. The third-order valence-electron chi connectivity index (χ3n) is 4.17. The average Bonchev–Trinajstić information content (AvgIpc) is 3.12. The summed E-state index contributed by atoms with van der Waals surface area (Å²) in [6.07, 6.45) is 2.60. The predicted octanol–water partition coefficient (Wildman–Crippen LogP) is 2.74. The molecule has 0 saturated heterocycles. The molecule has 0 bridgehead atoms. The number of nitrogens with two attached hydrogens (primary N) is 1. The largest absolute Gasteiger partial charge is 0.466 e. The van der Waals surface area contributed by atoms with Crippen molar-refractivity contribution in [2.24, 2.45) is 5.10 Å². The van der Waals surface area contributed by atoms with Crippen LogP contribution < -0.4 is 5.73 Å². The second-order valence-electron chi connectivity index (χ2n) is 6.07. The first-order valence-electron chi connectivity index (χ1n) is 8.96. The summed E-state index contributed by atoms with van der Waals surface area (Å²) >= 11 is 0. The monoisotopic (exact) mass is 404 g/mol. The van der Waals surface area contributed by atoms with E-state index < -0.39 is 11.9 Å². The maximum atomic E-state index is 12.6. The lowest BCUT2D eigenvalue weighted by molar-refractivity contribution is -0.136. The second-order valence-corrected chi connectivity index (χ2v) is 6.07. The van der Waals surface area contributed by atoms with Gasteiger partial charge in [-0.2, -0.15) is 9.78 Å². The van der Waals surface area contributed by atoms with E-state index in [9.17, 15) is 9.59 Å². The number of hydrogen-bond donors (Lipinski definition) is 1. The minimum atomic E-state index is -0.756. The van der Waals surface area contributed by atoms with Gasteiger partial charge >= 0.3 is 11.9 Å². The Balaban J connectivity index is 2.25. The van der Waals surface area contributed by atoms with Gasteiger partial charge in [0, 0.05) is 11.6 Å². The third-order valence-corrected chi connectivity index (χ3v) is 4.17. The molecule has 0 amide bonds. The lowest BCUT2D eigenvalue weighted by Gasteiger charge is -2.09. The van der Waals surface area contributed by atoms with Gasteiger partial charge in [-0.3, -0.25) is 0 Å². The van der Waals surface area contributed by atoms with Crippen LogP contribution in [0.5, 0.6) is 0 Å². The van der Waals surface area contributed by atoms with E-state index in [0.717, 1.165) is 11.6 Å². The molecule has 0 radical (unpaired) electrons. The van der Waals surface area contributed by atoms with E-state index in [1.54, 1.807) is 6.21 Å². The van der Waals surface area contributed by atoms with Crippen LogP contribution in [0.4, 0.5) is 5.95 Å². The molecule has 1 heterocycles. The number of anilines is 1. The fraction of sp³-hybridized carbons (Fsp3) is 0.0909. The van der Waals surface area contributed by atoms with Crippen molar-refractivity contribution >= 4 is 29.7 Å². The Hall–Kier alpha value is -4.20. The van der Waals surface area contributed by atoms with Crippen LogP contribution >= 0.6 is 0 Å². The molecule has 3 aromatic rings. The maximum Gasteiger partial charge on any atom is 0.340 e. The molecule has 0 atom stereocenters. The van der Waals surface area contributed by atoms with Crippen LogP contribution in [0.2, 0.25) is 0 Å². The molecule has 152 valence electrons. The number of ether oxygens (including phenoxy) is 2. The molecule has 30 heavy (non-hydrogen) atoms. The third kappa shape index (κ3) is 4.44. The van der Waals surface area contributed by atoms with Gasteiger partial charge in [0.1, 0.15) is 11.4 Å². The van der Waals surface area contributed by atoms with E-state index in [4.69, 9.17) is 15.2 Å². The first-order valence-corrected chi connectivity index (χ1v) is 8.96. The van der Waals surface area contributed by atoms with Crippen LogP contribution in [-0.2, 0) is 19.1 Å². The molecule has 0 fully saturated rings. The molecule has 3 rings (SSSR count). The van der Waals surface area contributed by atoms with E-state index in [-0.39, 0.29) is 17.2 Å². The van der Waals surface area contributed by atoms with Crippen molar-refractivity contribution < 1.29 is 19.1 Å². The van der Waals surface area contributed by atoms with E-state index in [1.165, 1.54) is 18.9 Å². The molecule has 8 heteroatoms. The lowest BCUT2D eigenvalue weighted by atomic mass is 10.0. The van der Waals surface area contributed by atoms with E-state index in [0.29, 0.717) is 11.3 Å². The summed E-state index contributed by atoms with van der Waals surface area (Å²) in [6.45, 7) is 0. The number of benzene rings is 2. The summed E-state index contributed by atoms with van der Waals surface area (Å²) in [5, 5.41) is 4.40. The Labute approximate surface area is 173 Å². The fourth-order valence-corrected chi connectivity index (χ4v) is 2.76. The molecule has 0 aliphatic rings. The van der Waals surface area contributed by atoms with Gasteiger partial charge in [-0.1, -0.05) is 60.7 Å². The number of hydrogen-bond acceptors (Lipinski definition) is 7. The van der Waals surface area contributed by atoms with Crippen molar-refractivity contribution in [2.75, 3.05) is 20.0 Å². The van der Waals surface area contributed by atoms with E-state index >= 15 is 0 Å². The zero-order chi connectivity index (χ0) is 21.5. The number of nitrogen functional groups attached to an aromatic ring is 1. The topological polar surface area (TPSA) is 109 Å².